The summed E-state index contributed by atoms with van der Waals surface area (Å²) in [6.45, 7) is 11.5. The van der Waals surface area contributed by atoms with Gasteiger partial charge in [0.05, 0.1) is 16.9 Å². The number of benzene rings is 4. The van der Waals surface area contributed by atoms with Crippen LogP contribution in [-0.4, -0.2) is 14.5 Å². The number of para-hydroxylation sites is 2. The number of anilines is 3. The maximum absolute atomic E-state index is 4.88. The summed E-state index contributed by atoms with van der Waals surface area (Å²) in [7, 11) is 0. The molecule has 220 valence electrons. The van der Waals surface area contributed by atoms with Crippen LogP contribution in [0.2, 0.25) is 0 Å². The smallest absolute Gasteiger partial charge is 0.145 e. The van der Waals surface area contributed by atoms with Crippen molar-refractivity contribution < 1.29 is 0 Å². The highest BCUT2D eigenvalue weighted by Gasteiger charge is 2.37. The summed E-state index contributed by atoms with van der Waals surface area (Å²) in [5.41, 5.74) is 11.6. The molecule has 0 spiro atoms. The Bertz CT molecular complexity index is 2180. The molecule has 3 aromatic heterocycles. The molecule has 45 heavy (non-hydrogen) atoms. The van der Waals surface area contributed by atoms with Gasteiger partial charge in [0.15, 0.2) is 0 Å². The highest BCUT2D eigenvalue weighted by atomic mass is 15.2. The van der Waals surface area contributed by atoms with Crippen LogP contribution >= 0.6 is 0 Å². The number of pyridine rings is 2. The predicted octanol–water partition coefficient (Wildman–Crippen LogP) is 10.6. The summed E-state index contributed by atoms with van der Waals surface area (Å²) in [5.74, 6) is 0.916. The zero-order valence-corrected chi connectivity index (χ0v) is 26.4. The van der Waals surface area contributed by atoms with Crippen LogP contribution < -0.4 is 4.90 Å². The van der Waals surface area contributed by atoms with Crippen LogP contribution in [0.25, 0.3) is 38.8 Å². The number of rotatable bonds is 3. The maximum atomic E-state index is 4.88. The van der Waals surface area contributed by atoms with E-state index in [1.165, 1.54) is 38.9 Å². The molecule has 0 bridgehead atoms. The van der Waals surface area contributed by atoms with E-state index in [0.717, 1.165) is 33.7 Å². The van der Waals surface area contributed by atoms with Gasteiger partial charge in [-0.25, -0.2) is 9.97 Å². The second-order valence-corrected chi connectivity index (χ2v) is 13.6. The average Bonchev–Trinajstić information content (AvgIpc) is 3.39. The fourth-order valence-corrected chi connectivity index (χ4v) is 7.03. The van der Waals surface area contributed by atoms with Crippen molar-refractivity contribution in [3.8, 4) is 16.8 Å². The van der Waals surface area contributed by atoms with Crippen molar-refractivity contribution in [2.75, 3.05) is 4.90 Å². The van der Waals surface area contributed by atoms with E-state index in [0.29, 0.717) is 0 Å². The van der Waals surface area contributed by atoms with Gasteiger partial charge in [0.25, 0.3) is 0 Å². The Morgan fingerprint density at radius 2 is 1.33 bits per heavy atom. The first-order valence-electron chi connectivity index (χ1n) is 15.7. The topological polar surface area (TPSA) is 34.0 Å². The summed E-state index contributed by atoms with van der Waals surface area (Å²) < 4.78 is 2.32. The third-order valence-corrected chi connectivity index (χ3v) is 9.42. The average molecular weight is 585 g/mol. The highest BCUT2D eigenvalue weighted by Crippen LogP contribution is 2.52. The molecule has 1 aliphatic heterocycles. The van der Waals surface area contributed by atoms with Crippen LogP contribution in [0.3, 0.4) is 0 Å². The van der Waals surface area contributed by atoms with Crippen LogP contribution in [-0.2, 0) is 10.8 Å². The second kappa shape index (κ2) is 9.90. The number of nitrogens with zero attached hydrogens (tertiary/aromatic N) is 4. The predicted molar refractivity (Wildman–Crippen MR) is 187 cm³/mol. The molecule has 0 saturated carbocycles. The first kappa shape index (κ1) is 27.3. The van der Waals surface area contributed by atoms with E-state index in [1.54, 1.807) is 0 Å². The highest BCUT2D eigenvalue weighted by molar-refractivity contribution is 6.07. The van der Waals surface area contributed by atoms with Gasteiger partial charge < -0.3 is 0 Å². The van der Waals surface area contributed by atoms with E-state index in [9.17, 15) is 0 Å². The zero-order chi connectivity index (χ0) is 30.9. The molecule has 0 amide bonds. The Balaban J connectivity index is 1.38. The molecule has 0 saturated heterocycles. The van der Waals surface area contributed by atoms with Gasteiger partial charge in [-0.3, -0.25) is 9.47 Å². The van der Waals surface area contributed by atoms with E-state index < -0.39 is 0 Å². The molecule has 4 aromatic carbocycles. The van der Waals surface area contributed by atoms with Crippen LogP contribution in [0.4, 0.5) is 17.2 Å². The van der Waals surface area contributed by atoms with E-state index in [4.69, 9.17) is 9.97 Å². The van der Waals surface area contributed by atoms with Gasteiger partial charge >= 0.3 is 0 Å². The minimum atomic E-state index is -0.164. The van der Waals surface area contributed by atoms with Crippen molar-refractivity contribution in [2.24, 2.45) is 0 Å². The van der Waals surface area contributed by atoms with Crippen LogP contribution in [0.5, 0.6) is 0 Å². The molecule has 1 aliphatic rings. The standard InChI is InChI=1S/C41H36N4/c1-40(2,3)29-23-28(24-30(26-29)44-35-16-8-6-13-31(35)32-14-12-22-43-39(32)44)27-19-20-34-37(25-27)45(38-18-10-11-21-42-38)36-17-9-7-15-33(36)41(34,4)5/h6-26H,1-5H3. The van der Waals surface area contributed by atoms with Crippen LogP contribution in [0.15, 0.2) is 128 Å². The molecular formula is C41H36N4. The summed E-state index contributed by atoms with van der Waals surface area (Å²) in [6.07, 6.45) is 3.77. The third kappa shape index (κ3) is 4.27. The second-order valence-electron chi connectivity index (χ2n) is 13.6. The molecule has 0 unspecified atom stereocenters. The lowest BCUT2D eigenvalue weighted by atomic mass is 9.73. The molecule has 4 heterocycles. The summed E-state index contributed by atoms with van der Waals surface area (Å²) in [5, 5.41) is 2.38. The monoisotopic (exact) mass is 584 g/mol. The number of hydrogen-bond acceptors (Lipinski definition) is 3. The summed E-state index contributed by atoms with van der Waals surface area (Å²) in [4.78, 5) is 12.0. The Hall–Kier alpha value is -5.22. The molecule has 0 N–H and O–H groups in total. The van der Waals surface area contributed by atoms with Gasteiger partial charge in [0.2, 0.25) is 0 Å². The molecule has 0 fully saturated rings. The van der Waals surface area contributed by atoms with E-state index >= 15 is 0 Å². The molecule has 0 radical (unpaired) electrons. The zero-order valence-electron chi connectivity index (χ0n) is 26.4. The third-order valence-electron chi connectivity index (χ3n) is 9.42. The van der Waals surface area contributed by atoms with Gasteiger partial charge in [-0.2, -0.15) is 0 Å². The summed E-state index contributed by atoms with van der Waals surface area (Å²) >= 11 is 0. The number of aromatic nitrogens is 3. The lowest BCUT2D eigenvalue weighted by Gasteiger charge is -2.41. The van der Waals surface area contributed by atoms with E-state index in [2.05, 4.69) is 147 Å². The molecular weight excluding hydrogens is 548 g/mol. The van der Waals surface area contributed by atoms with Crippen LogP contribution in [0.1, 0.15) is 51.3 Å². The number of hydrogen-bond donors (Lipinski definition) is 0. The van der Waals surface area contributed by atoms with E-state index in [-0.39, 0.29) is 10.8 Å². The van der Waals surface area contributed by atoms with Crippen molar-refractivity contribution in [3.05, 3.63) is 144 Å². The summed E-state index contributed by atoms with van der Waals surface area (Å²) in [6, 6.07) is 41.7. The van der Waals surface area contributed by atoms with Gasteiger partial charge in [-0.05, 0) is 87.8 Å². The Labute approximate surface area is 264 Å². The van der Waals surface area contributed by atoms with E-state index in [1.807, 2.05) is 24.5 Å². The van der Waals surface area contributed by atoms with Crippen LogP contribution in [0, 0.1) is 0 Å². The fraction of sp³-hybridized carbons (Fsp3) is 0.171. The first-order valence-corrected chi connectivity index (χ1v) is 15.7. The van der Waals surface area contributed by atoms with Gasteiger partial charge in [-0.1, -0.05) is 95.3 Å². The Kier molecular flexibility index (Phi) is 6.01. The largest absolute Gasteiger partial charge is 0.294 e. The normalized spacial score (nSPS) is 14.0. The SMILES string of the molecule is CC(C)(C)c1cc(-c2ccc3c(c2)N(c2ccccn2)c2ccccc2C3(C)C)cc(-n2c3ccccc3c3cccnc32)c1. The van der Waals surface area contributed by atoms with Gasteiger partial charge in [0.1, 0.15) is 11.5 Å². The quantitative estimate of drug-likeness (QED) is 0.207. The minimum Gasteiger partial charge on any atom is -0.294 e. The molecule has 4 nitrogen and oxygen atoms in total. The Morgan fingerprint density at radius 1 is 0.600 bits per heavy atom. The van der Waals surface area contributed by atoms with Gasteiger partial charge in [0, 0.05) is 34.3 Å². The maximum Gasteiger partial charge on any atom is 0.145 e. The first-order chi connectivity index (χ1) is 21.7. The van der Waals surface area contributed by atoms with Gasteiger partial charge in [-0.15, -0.1) is 0 Å². The number of fused-ring (bicyclic) bond motifs is 5. The lowest BCUT2D eigenvalue weighted by Crippen LogP contribution is -2.30. The van der Waals surface area contributed by atoms with Crippen molar-refractivity contribution in [2.45, 2.75) is 45.4 Å². The minimum absolute atomic E-state index is 0.0495. The fourth-order valence-electron chi connectivity index (χ4n) is 7.03. The van der Waals surface area contributed by atoms with Crippen molar-refractivity contribution in [1.29, 1.82) is 0 Å². The van der Waals surface area contributed by atoms with Crippen molar-refractivity contribution in [1.82, 2.24) is 14.5 Å². The van der Waals surface area contributed by atoms with Crippen molar-refractivity contribution >= 4 is 39.1 Å². The molecule has 0 atom stereocenters. The molecule has 8 rings (SSSR count). The Morgan fingerprint density at radius 3 is 2.16 bits per heavy atom. The van der Waals surface area contributed by atoms with Crippen molar-refractivity contribution in [3.63, 3.8) is 0 Å². The molecule has 7 aromatic rings. The molecule has 0 aliphatic carbocycles. The molecule has 4 heteroatoms. The lowest BCUT2D eigenvalue weighted by molar-refractivity contribution is 0.590.